The van der Waals surface area contributed by atoms with Crippen molar-refractivity contribution in [1.82, 2.24) is 9.80 Å². The van der Waals surface area contributed by atoms with E-state index in [1.165, 1.54) is 11.0 Å². The van der Waals surface area contributed by atoms with Crippen molar-refractivity contribution in [3.63, 3.8) is 0 Å². The van der Waals surface area contributed by atoms with Crippen LogP contribution in [0.3, 0.4) is 0 Å². The van der Waals surface area contributed by atoms with E-state index >= 15 is 0 Å². The lowest BCUT2D eigenvalue weighted by atomic mass is 10.1. The second-order valence-corrected chi connectivity index (χ2v) is 9.15. The number of likely N-dealkylation sites (tertiary alicyclic amines) is 1. The number of nitrogens with one attached hydrogen (secondary N) is 1. The van der Waals surface area contributed by atoms with Gasteiger partial charge in [0.2, 0.25) is 11.8 Å². The number of likely N-dealkylation sites (N-methyl/N-ethyl adjacent to an activating group) is 1. The topological polar surface area (TPSA) is 55.9 Å². The van der Waals surface area contributed by atoms with Gasteiger partial charge in [-0.25, -0.2) is 0 Å². The van der Waals surface area contributed by atoms with Crippen LogP contribution in [0.2, 0.25) is 0 Å². The van der Waals surface area contributed by atoms with Crippen LogP contribution in [-0.2, 0) is 22.3 Å². The molecule has 2 fully saturated rings. The van der Waals surface area contributed by atoms with Crippen LogP contribution < -0.4 is 10.2 Å². The molecule has 0 spiro atoms. The number of hydrogen-bond donors (Lipinski definition) is 1. The van der Waals surface area contributed by atoms with Crippen LogP contribution in [0.25, 0.3) is 0 Å². The van der Waals surface area contributed by atoms with Gasteiger partial charge in [0, 0.05) is 57.1 Å². The van der Waals surface area contributed by atoms with Crippen LogP contribution in [0.5, 0.6) is 0 Å². The molecule has 2 aliphatic heterocycles. The lowest BCUT2D eigenvalue weighted by Gasteiger charge is -2.35. The molecular weight excluding hydrogens is 445 g/mol. The van der Waals surface area contributed by atoms with Crippen LogP contribution in [0, 0.1) is 12.8 Å². The number of rotatable bonds is 5. The molecule has 0 aromatic heterocycles. The van der Waals surface area contributed by atoms with Gasteiger partial charge in [0.05, 0.1) is 11.5 Å². The molecule has 0 saturated carbocycles. The fraction of sp³-hybridized carbons (Fsp3) is 0.440. The molecule has 9 heteroatoms. The van der Waals surface area contributed by atoms with Gasteiger partial charge in [-0.15, -0.1) is 0 Å². The third kappa shape index (κ3) is 5.52. The van der Waals surface area contributed by atoms with E-state index in [-0.39, 0.29) is 31.3 Å². The highest BCUT2D eigenvalue weighted by molar-refractivity contribution is 5.97. The maximum absolute atomic E-state index is 13.0. The molecule has 1 N–H and O–H groups in total. The van der Waals surface area contributed by atoms with Gasteiger partial charge in [-0.05, 0) is 55.4 Å². The molecule has 0 radical (unpaired) electrons. The molecule has 2 heterocycles. The van der Waals surface area contributed by atoms with Gasteiger partial charge < -0.3 is 20.0 Å². The van der Waals surface area contributed by atoms with Crippen molar-refractivity contribution in [1.29, 1.82) is 0 Å². The third-order valence-corrected chi connectivity index (χ3v) is 6.52. The molecule has 1 atom stereocenters. The zero-order chi connectivity index (χ0) is 24.5. The minimum absolute atomic E-state index is 0.0448. The SMILES string of the molecule is Cc1cc(NC(=O)C2CC(=O)N(Cc3cccc(C(F)(F)F)c3)C2)ccc1N1CCN(C)CC1. The quantitative estimate of drug-likeness (QED) is 0.717. The summed E-state index contributed by atoms with van der Waals surface area (Å²) in [6.07, 6.45) is -4.39. The first-order valence-electron chi connectivity index (χ1n) is 11.4. The van der Waals surface area contributed by atoms with Gasteiger partial charge in [-0.1, -0.05) is 12.1 Å². The van der Waals surface area contributed by atoms with Crippen molar-refractivity contribution in [2.24, 2.45) is 5.92 Å². The van der Waals surface area contributed by atoms with E-state index in [4.69, 9.17) is 0 Å². The van der Waals surface area contributed by atoms with Gasteiger partial charge >= 0.3 is 6.18 Å². The number of piperazine rings is 1. The lowest BCUT2D eigenvalue weighted by molar-refractivity contribution is -0.137. The number of carbonyl (C=O) groups is 2. The summed E-state index contributed by atoms with van der Waals surface area (Å²) in [7, 11) is 2.11. The molecule has 2 aromatic rings. The number of nitrogens with zero attached hydrogens (tertiary/aromatic N) is 3. The summed E-state index contributed by atoms with van der Waals surface area (Å²) >= 11 is 0. The molecule has 4 rings (SSSR count). The predicted octanol–water partition coefficient (Wildman–Crippen LogP) is 3.75. The second-order valence-electron chi connectivity index (χ2n) is 9.15. The fourth-order valence-electron chi connectivity index (χ4n) is 4.55. The molecule has 0 bridgehead atoms. The minimum atomic E-state index is -4.44. The Labute approximate surface area is 197 Å². The number of benzene rings is 2. The van der Waals surface area contributed by atoms with Crippen LogP contribution >= 0.6 is 0 Å². The summed E-state index contributed by atoms with van der Waals surface area (Å²) in [6.45, 7) is 6.16. The third-order valence-electron chi connectivity index (χ3n) is 6.52. The van der Waals surface area contributed by atoms with E-state index in [9.17, 15) is 22.8 Å². The summed E-state index contributed by atoms with van der Waals surface area (Å²) in [4.78, 5) is 31.3. The largest absolute Gasteiger partial charge is 0.416 e. The summed E-state index contributed by atoms with van der Waals surface area (Å²) < 4.78 is 38.9. The van der Waals surface area contributed by atoms with Gasteiger partial charge in [-0.2, -0.15) is 13.2 Å². The van der Waals surface area contributed by atoms with Crippen LogP contribution in [0.15, 0.2) is 42.5 Å². The Kier molecular flexibility index (Phi) is 6.84. The van der Waals surface area contributed by atoms with Crippen LogP contribution in [0.1, 0.15) is 23.1 Å². The Bertz CT molecular complexity index is 1060. The molecule has 2 aliphatic rings. The van der Waals surface area contributed by atoms with Crippen LogP contribution in [-0.4, -0.2) is 61.4 Å². The van der Waals surface area contributed by atoms with Crippen molar-refractivity contribution >= 4 is 23.2 Å². The average Bonchev–Trinajstić information content (AvgIpc) is 3.15. The highest BCUT2D eigenvalue weighted by Crippen LogP contribution is 2.31. The van der Waals surface area contributed by atoms with Crippen molar-refractivity contribution in [2.75, 3.05) is 50.0 Å². The highest BCUT2D eigenvalue weighted by atomic mass is 19.4. The number of hydrogen-bond acceptors (Lipinski definition) is 4. The van der Waals surface area contributed by atoms with Crippen molar-refractivity contribution in [3.8, 4) is 0 Å². The Morgan fingerprint density at radius 3 is 2.50 bits per heavy atom. The maximum Gasteiger partial charge on any atom is 0.416 e. The fourth-order valence-corrected chi connectivity index (χ4v) is 4.55. The minimum Gasteiger partial charge on any atom is -0.369 e. The van der Waals surface area contributed by atoms with Gasteiger partial charge in [-0.3, -0.25) is 9.59 Å². The number of aryl methyl sites for hydroxylation is 1. The molecular formula is C25H29F3N4O2. The maximum atomic E-state index is 13.0. The summed E-state index contributed by atoms with van der Waals surface area (Å²) in [5, 5.41) is 2.90. The van der Waals surface area contributed by atoms with Crippen molar-refractivity contribution < 1.29 is 22.8 Å². The number of amides is 2. The van der Waals surface area contributed by atoms with E-state index in [1.807, 2.05) is 25.1 Å². The molecule has 0 aliphatic carbocycles. The number of halogens is 3. The first-order chi connectivity index (χ1) is 16.1. The second kappa shape index (κ2) is 9.66. The monoisotopic (exact) mass is 474 g/mol. The Balaban J connectivity index is 1.36. The van der Waals surface area contributed by atoms with E-state index in [1.54, 1.807) is 6.07 Å². The molecule has 6 nitrogen and oxygen atoms in total. The van der Waals surface area contributed by atoms with Crippen molar-refractivity contribution in [3.05, 3.63) is 59.2 Å². The Morgan fingerprint density at radius 2 is 1.82 bits per heavy atom. The molecule has 2 saturated heterocycles. The van der Waals surface area contributed by atoms with Gasteiger partial charge in [0.25, 0.3) is 0 Å². The zero-order valence-corrected chi connectivity index (χ0v) is 19.4. The molecule has 182 valence electrons. The normalized spacial score (nSPS) is 19.6. The van der Waals surface area contributed by atoms with Gasteiger partial charge in [0.1, 0.15) is 0 Å². The Hall–Kier alpha value is -3.07. The summed E-state index contributed by atoms with van der Waals surface area (Å²) in [6, 6.07) is 10.8. The predicted molar refractivity (Wildman–Crippen MR) is 124 cm³/mol. The van der Waals surface area contributed by atoms with Crippen molar-refractivity contribution in [2.45, 2.75) is 26.1 Å². The molecule has 2 amide bonds. The number of alkyl halides is 3. The Morgan fingerprint density at radius 1 is 1.09 bits per heavy atom. The number of carbonyl (C=O) groups excluding carboxylic acids is 2. The zero-order valence-electron chi connectivity index (χ0n) is 19.4. The summed E-state index contributed by atoms with van der Waals surface area (Å²) in [5.74, 6) is -1.04. The standard InChI is InChI=1S/C25H29F3N4O2/c1-17-12-21(6-7-22(17)31-10-8-30(2)9-11-31)29-24(34)19-14-23(33)32(16-19)15-18-4-3-5-20(13-18)25(26,27)28/h3-7,12-13,19H,8-11,14-16H2,1-2H3,(H,29,34). The van der Waals surface area contributed by atoms with Gasteiger partial charge in [0.15, 0.2) is 0 Å². The van der Waals surface area contributed by atoms with E-state index < -0.39 is 17.7 Å². The van der Waals surface area contributed by atoms with Crippen LogP contribution in [0.4, 0.5) is 24.5 Å². The average molecular weight is 475 g/mol. The van der Waals surface area contributed by atoms with E-state index in [2.05, 4.69) is 22.2 Å². The summed E-state index contributed by atoms with van der Waals surface area (Å²) in [5.41, 5.74) is 2.52. The first kappa shape index (κ1) is 24.1. The van der Waals surface area contributed by atoms with E-state index in [0.717, 1.165) is 49.6 Å². The molecule has 1 unspecified atom stereocenters. The highest BCUT2D eigenvalue weighted by Gasteiger charge is 2.35. The molecule has 34 heavy (non-hydrogen) atoms. The lowest BCUT2D eigenvalue weighted by Crippen LogP contribution is -2.44. The smallest absolute Gasteiger partial charge is 0.369 e. The molecule has 2 aromatic carbocycles. The number of anilines is 2. The first-order valence-corrected chi connectivity index (χ1v) is 11.4. The van der Waals surface area contributed by atoms with E-state index in [0.29, 0.717) is 11.3 Å².